The molecule has 1 atom stereocenters. The molecule has 0 saturated carbocycles. The predicted octanol–water partition coefficient (Wildman–Crippen LogP) is 1.86. The molecule has 0 amide bonds. The van der Waals surface area contributed by atoms with Crippen LogP contribution in [0.3, 0.4) is 0 Å². The summed E-state index contributed by atoms with van der Waals surface area (Å²) < 4.78 is 5.32. The third kappa shape index (κ3) is 3.10. The van der Waals surface area contributed by atoms with Gasteiger partial charge in [-0.15, -0.1) is 10.2 Å². The van der Waals surface area contributed by atoms with Gasteiger partial charge in [0.05, 0.1) is 12.1 Å². The van der Waals surface area contributed by atoms with Crippen LogP contribution >= 0.6 is 0 Å². The van der Waals surface area contributed by atoms with E-state index in [1.807, 2.05) is 38.1 Å². The normalized spacial score (nSPS) is 12.6. The summed E-state index contributed by atoms with van der Waals surface area (Å²) >= 11 is 0. The number of aromatic nitrogens is 3. The van der Waals surface area contributed by atoms with Gasteiger partial charge in [-0.25, -0.2) is 4.98 Å². The van der Waals surface area contributed by atoms with Gasteiger partial charge >= 0.3 is 0 Å². The maximum Gasteiger partial charge on any atom is 0.243 e. The summed E-state index contributed by atoms with van der Waals surface area (Å²) in [4.78, 5) is 4.38. The molecule has 1 aromatic carbocycles. The largest absolute Gasteiger partial charge is 0.380 e. The first kappa shape index (κ1) is 11.7. The van der Waals surface area contributed by atoms with Gasteiger partial charge in [-0.2, -0.15) is 0 Å². The molecule has 0 aliphatic heterocycles. The maximum atomic E-state index is 5.32. The van der Waals surface area contributed by atoms with E-state index in [1.165, 1.54) is 0 Å². The summed E-state index contributed by atoms with van der Waals surface area (Å²) in [6, 6.07) is 7.83. The second-order valence-corrected chi connectivity index (χ2v) is 3.83. The highest BCUT2D eigenvalue weighted by Gasteiger charge is 2.05. The molecule has 2 rings (SSSR count). The van der Waals surface area contributed by atoms with Gasteiger partial charge in [0.2, 0.25) is 5.95 Å². The van der Waals surface area contributed by atoms with E-state index < -0.39 is 0 Å². The number of nitrogens with zero attached hydrogens (tertiary/aromatic N) is 3. The van der Waals surface area contributed by atoms with Crippen molar-refractivity contribution in [1.29, 1.82) is 0 Å². The number of hydrogen-bond donors (Lipinski definition) is 1. The Kier molecular flexibility index (Phi) is 3.82. The highest BCUT2D eigenvalue weighted by molar-refractivity contribution is 5.74. The smallest absolute Gasteiger partial charge is 0.243 e. The van der Waals surface area contributed by atoms with Crippen molar-refractivity contribution >= 4 is 17.0 Å². The SMILES string of the molecule is CCOCC(C)Nc1nnc2ccccc2n1. The standard InChI is InChI=1S/C12H16N4O/c1-3-17-8-9(2)13-12-14-10-6-4-5-7-11(10)15-16-12/h4-7,9H,3,8H2,1-2H3,(H,13,14,16). The zero-order chi connectivity index (χ0) is 12.1. The number of fused-ring (bicyclic) bond motifs is 1. The fraction of sp³-hybridized carbons (Fsp3) is 0.417. The van der Waals surface area contributed by atoms with Gasteiger partial charge in [0.1, 0.15) is 5.52 Å². The third-order valence-electron chi connectivity index (χ3n) is 2.31. The van der Waals surface area contributed by atoms with Crippen LogP contribution in [0.2, 0.25) is 0 Å². The molecule has 0 spiro atoms. The molecule has 5 heteroatoms. The summed E-state index contributed by atoms with van der Waals surface area (Å²) in [5.41, 5.74) is 1.64. The van der Waals surface area contributed by atoms with Crippen LogP contribution in [0.1, 0.15) is 13.8 Å². The number of para-hydroxylation sites is 1. The summed E-state index contributed by atoms with van der Waals surface area (Å²) in [6.45, 7) is 5.34. The molecule has 0 aliphatic carbocycles. The van der Waals surface area contributed by atoms with Gasteiger partial charge in [-0.3, -0.25) is 0 Å². The van der Waals surface area contributed by atoms with Crippen molar-refractivity contribution in [2.75, 3.05) is 18.5 Å². The molecule has 5 nitrogen and oxygen atoms in total. The molecule has 0 radical (unpaired) electrons. The van der Waals surface area contributed by atoms with Crippen LogP contribution in [0, 0.1) is 0 Å². The number of nitrogens with one attached hydrogen (secondary N) is 1. The second kappa shape index (κ2) is 5.54. The minimum Gasteiger partial charge on any atom is -0.380 e. The van der Waals surface area contributed by atoms with E-state index >= 15 is 0 Å². The Labute approximate surface area is 100 Å². The molecule has 0 aliphatic rings. The Morgan fingerprint density at radius 1 is 1.24 bits per heavy atom. The third-order valence-corrected chi connectivity index (χ3v) is 2.31. The maximum absolute atomic E-state index is 5.32. The molecule has 17 heavy (non-hydrogen) atoms. The Hall–Kier alpha value is -1.75. The lowest BCUT2D eigenvalue weighted by Crippen LogP contribution is -2.23. The lowest BCUT2D eigenvalue weighted by Gasteiger charge is -2.12. The molecule has 2 aromatic rings. The minimum atomic E-state index is 0.165. The Morgan fingerprint density at radius 2 is 2.00 bits per heavy atom. The average molecular weight is 232 g/mol. The highest BCUT2D eigenvalue weighted by atomic mass is 16.5. The number of ether oxygens (including phenoxy) is 1. The molecular weight excluding hydrogens is 216 g/mol. The van der Waals surface area contributed by atoms with Gasteiger partial charge in [0, 0.05) is 12.6 Å². The van der Waals surface area contributed by atoms with Crippen molar-refractivity contribution in [1.82, 2.24) is 15.2 Å². The molecular formula is C12H16N4O. The first-order chi connectivity index (χ1) is 8.29. The van der Waals surface area contributed by atoms with Gasteiger partial charge in [-0.1, -0.05) is 12.1 Å². The average Bonchev–Trinajstić information content (AvgIpc) is 2.36. The zero-order valence-corrected chi connectivity index (χ0v) is 10.1. The highest BCUT2D eigenvalue weighted by Crippen LogP contribution is 2.09. The molecule has 0 saturated heterocycles. The van der Waals surface area contributed by atoms with Crippen LogP contribution in [-0.2, 0) is 4.74 Å². The molecule has 1 unspecified atom stereocenters. The Bertz CT molecular complexity index is 489. The van der Waals surface area contributed by atoms with E-state index in [9.17, 15) is 0 Å². The fourth-order valence-electron chi connectivity index (χ4n) is 1.50. The van der Waals surface area contributed by atoms with Crippen LogP contribution < -0.4 is 5.32 Å². The van der Waals surface area contributed by atoms with Crippen LogP contribution in [0.15, 0.2) is 24.3 Å². The topological polar surface area (TPSA) is 59.9 Å². The fourth-order valence-corrected chi connectivity index (χ4v) is 1.50. The Balaban J connectivity index is 2.08. The van der Waals surface area contributed by atoms with Gasteiger partial charge < -0.3 is 10.1 Å². The Morgan fingerprint density at radius 3 is 2.76 bits per heavy atom. The molecule has 1 heterocycles. The number of hydrogen-bond acceptors (Lipinski definition) is 5. The van der Waals surface area contributed by atoms with Crippen molar-refractivity contribution in [3.8, 4) is 0 Å². The van der Waals surface area contributed by atoms with Gasteiger partial charge in [-0.05, 0) is 26.0 Å². The van der Waals surface area contributed by atoms with Crippen LogP contribution in [0.5, 0.6) is 0 Å². The summed E-state index contributed by atoms with van der Waals surface area (Å²) in [6.07, 6.45) is 0. The van der Waals surface area contributed by atoms with Crippen molar-refractivity contribution in [3.05, 3.63) is 24.3 Å². The van der Waals surface area contributed by atoms with Crippen LogP contribution in [0.4, 0.5) is 5.95 Å². The lowest BCUT2D eigenvalue weighted by atomic mass is 10.3. The molecule has 1 N–H and O–H groups in total. The molecule has 0 bridgehead atoms. The quantitative estimate of drug-likeness (QED) is 0.852. The van der Waals surface area contributed by atoms with Crippen molar-refractivity contribution in [2.24, 2.45) is 0 Å². The number of rotatable bonds is 5. The van der Waals surface area contributed by atoms with Crippen molar-refractivity contribution in [3.63, 3.8) is 0 Å². The van der Waals surface area contributed by atoms with E-state index in [0.29, 0.717) is 19.2 Å². The van der Waals surface area contributed by atoms with Gasteiger partial charge in [0.15, 0.2) is 0 Å². The minimum absolute atomic E-state index is 0.165. The van der Waals surface area contributed by atoms with E-state index in [4.69, 9.17) is 4.74 Å². The van der Waals surface area contributed by atoms with E-state index in [2.05, 4.69) is 20.5 Å². The summed E-state index contributed by atoms with van der Waals surface area (Å²) in [5.74, 6) is 0.538. The van der Waals surface area contributed by atoms with Crippen LogP contribution in [0.25, 0.3) is 11.0 Å². The number of anilines is 1. The summed E-state index contributed by atoms with van der Waals surface area (Å²) in [7, 11) is 0. The predicted molar refractivity (Wildman–Crippen MR) is 66.9 cm³/mol. The first-order valence-electron chi connectivity index (χ1n) is 5.73. The van der Waals surface area contributed by atoms with E-state index in [-0.39, 0.29) is 6.04 Å². The van der Waals surface area contributed by atoms with E-state index in [0.717, 1.165) is 11.0 Å². The van der Waals surface area contributed by atoms with Crippen molar-refractivity contribution in [2.45, 2.75) is 19.9 Å². The van der Waals surface area contributed by atoms with Crippen LogP contribution in [-0.4, -0.2) is 34.4 Å². The zero-order valence-electron chi connectivity index (χ0n) is 10.1. The summed E-state index contributed by atoms with van der Waals surface area (Å²) in [5, 5.41) is 11.3. The van der Waals surface area contributed by atoms with Crippen molar-refractivity contribution < 1.29 is 4.74 Å². The van der Waals surface area contributed by atoms with Gasteiger partial charge in [0.25, 0.3) is 0 Å². The lowest BCUT2D eigenvalue weighted by molar-refractivity contribution is 0.141. The molecule has 1 aromatic heterocycles. The first-order valence-corrected chi connectivity index (χ1v) is 5.73. The monoisotopic (exact) mass is 232 g/mol. The van der Waals surface area contributed by atoms with E-state index in [1.54, 1.807) is 0 Å². The number of benzene rings is 1. The molecule has 0 fully saturated rings. The second-order valence-electron chi connectivity index (χ2n) is 3.83. The molecule has 90 valence electrons.